The van der Waals surface area contributed by atoms with Gasteiger partial charge < -0.3 is 9.47 Å². The van der Waals surface area contributed by atoms with E-state index in [1.54, 1.807) is 11.0 Å². The van der Waals surface area contributed by atoms with Gasteiger partial charge in [0.05, 0.1) is 0 Å². The van der Waals surface area contributed by atoms with Crippen LogP contribution in [-0.4, -0.2) is 28.5 Å². The Morgan fingerprint density at radius 2 is 1.95 bits per heavy atom. The van der Waals surface area contributed by atoms with E-state index in [-0.39, 0.29) is 11.5 Å². The molecule has 0 bridgehead atoms. The van der Waals surface area contributed by atoms with Crippen LogP contribution in [0.15, 0.2) is 29.8 Å². The Balaban J connectivity index is 2.08. The minimum atomic E-state index is -0.146. The molecule has 1 saturated heterocycles. The summed E-state index contributed by atoms with van der Waals surface area (Å²) in [6, 6.07) is 10.1. The van der Waals surface area contributed by atoms with Crippen LogP contribution in [-0.2, 0) is 11.8 Å². The van der Waals surface area contributed by atoms with E-state index in [1.807, 2.05) is 38.2 Å². The maximum absolute atomic E-state index is 12.5. The molecular weight excluding hydrogens is 274 g/mol. The quantitative estimate of drug-likeness (QED) is 0.631. The summed E-state index contributed by atoms with van der Waals surface area (Å²) in [6.07, 6.45) is 3.80. The third-order valence-electron chi connectivity index (χ3n) is 4.48. The number of hydrogen-bond donors (Lipinski definition) is 0. The summed E-state index contributed by atoms with van der Waals surface area (Å²) >= 11 is 0. The first-order valence-corrected chi connectivity index (χ1v) is 7.58. The van der Waals surface area contributed by atoms with Gasteiger partial charge in [0, 0.05) is 42.3 Å². The molecule has 3 rings (SSSR count). The number of nitrogens with zero attached hydrogens (tertiary/aromatic N) is 3. The highest BCUT2D eigenvalue weighted by Gasteiger charge is 2.22. The number of hydrogen-bond acceptors (Lipinski definition) is 2. The fourth-order valence-corrected chi connectivity index (χ4v) is 3.11. The summed E-state index contributed by atoms with van der Waals surface area (Å²) in [5.41, 5.74) is 3.35. The molecule has 1 fully saturated rings. The van der Waals surface area contributed by atoms with Crippen LogP contribution in [0.2, 0.25) is 0 Å². The number of rotatable bonds is 2. The Kier molecular flexibility index (Phi) is 3.72. The third kappa shape index (κ3) is 2.29. The van der Waals surface area contributed by atoms with E-state index in [4.69, 9.17) is 0 Å². The van der Waals surface area contributed by atoms with Crippen molar-refractivity contribution in [3.05, 3.63) is 41.1 Å². The summed E-state index contributed by atoms with van der Waals surface area (Å²) in [6.45, 7) is 3.53. The highest BCUT2D eigenvalue weighted by Crippen LogP contribution is 2.27. The van der Waals surface area contributed by atoms with Crippen molar-refractivity contribution in [1.82, 2.24) is 9.47 Å². The molecule has 1 aromatic carbocycles. The zero-order valence-corrected chi connectivity index (χ0v) is 13.0. The number of carbonyl (C=O) groups excluding carboxylic acids is 1. The first-order valence-electron chi connectivity index (χ1n) is 7.58. The zero-order chi connectivity index (χ0) is 15.7. The fourth-order valence-electron chi connectivity index (χ4n) is 3.11. The summed E-state index contributed by atoms with van der Waals surface area (Å²) in [5.74, 6) is -0.146. The van der Waals surface area contributed by atoms with Gasteiger partial charge in [-0.15, -0.1) is 0 Å². The Labute approximate surface area is 130 Å². The predicted molar refractivity (Wildman–Crippen MR) is 87.1 cm³/mol. The Bertz CT molecular complexity index is 802. The van der Waals surface area contributed by atoms with E-state index in [9.17, 15) is 10.1 Å². The molecule has 2 heterocycles. The molecule has 0 aliphatic carbocycles. The lowest BCUT2D eigenvalue weighted by Gasteiger charge is -2.14. The highest BCUT2D eigenvalue weighted by molar-refractivity contribution is 6.04. The van der Waals surface area contributed by atoms with Gasteiger partial charge in [0.15, 0.2) is 0 Å². The standard InChI is InChI=1S/C18H19N3O/c1-13-16(15-7-3-4-8-17(15)20(13)2)11-14(12-19)18(22)21-9-5-6-10-21/h3-4,7-8,11H,5-6,9-10H2,1-2H3/b14-11+. The van der Waals surface area contributed by atoms with Crippen molar-refractivity contribution in [2.24, 2.45) is 7.05 Å². The lowest BCUT2D eigenvalue weighted by molar-refractivity contribution is -0.125. The van der Waals surface area contributed by atoms with Gasteiger partial charge in [0.25, 0.3) is 5.91 Å². The number of aryl methyl sites for hydroxylation is 1. The Hall–Kier alpha value is -2.54. The van der Waals surface area contributed by atoms with Crippen LogP contribution < -0.4 is 0 Å². The molecule has 0 unspecified atom stereocenters. The van der Waals surface area contributed by atoms with Gasteiger partial charge in [-0.1, -0.05) is 18.2 Å². The molecule has 22 heavy (non-hydrogen) atoms. The topological polar surface area (TPSA) is 49.0 Å². The van der Waals surface area contributed by atoms with Crippen molar-refractivity contribution in [1.29, 1.82) is 5.26 Å². The van der Waals surface area contributed by atoms with Crippen LogP contribution in [0.5, 0.6) is 0 Å². The minimum Gasteiger partial charge on any atom is -0.347 e. The third-order valence-corrected chi connectivity index (χ3v) is 4.48. The SMILES string of the molecule is Cc1c(/C=C(\C#N)C(=O)N2CCCC2)c2ccccc2n1C. The van der Waals surface area contributed by atoms with Gasteiger partial charge in [-0.05, 0) is 31.9 Å². The average molecular weight is 293 g/mol. The van der Waals surface area contributed by atoms with Gasteiger partial charge in [-0.2, -0.15) is 5.26 Å². The average Bonchev–Trinajstić information content (AvgIpc) is 3.15. The monoisotopic (exact) mass is 293 g/mol. The maximum Gasteiger partial charge on any atom is 0.264 e. The number of aromatic nitrogens is 1. The summed E-state index contributed by atoms with van der Waals surface area (Å²) in [7, 11) is 2.00. The van der Waals surface area contributed by atoms with Gasteiger partial charge >= 0.3 is 0 Å². The van der Waals surface area contributed by atoms with Crippen LogP contribution >= 0.6 is 0 Å². The molecule has 0 atom stereocenters. The Morgan fingerprint density at radius 1 is 1.27 bits per heavy atom. The van der Waals surface area contributed by atoms with Gasteiger partial charge in [0.2, 0.25) is 0 Å². The van der Waals surface area contributed by atoms with Crippen molar-refractivity contribution in [3.63, 3.8) is 0 Å². The molecule has 0 radical (unpaired) electrons. The first-order chi connectivity index (χ1) is 10.6. The lowest BCUT2D eigenvalue weighted by Crippen LogP contribution is -2.28. The predicted octanol–water partition coefficient (Wildman–Crippen LogP) is 3.02. The summed E-state index contributed by atoms with van der Waals surface area (Å²) in [4.78, 5) is 14.2. The van der Waals surface area contributed by atoms with Crippen molar-refractivity contribution < 1.29 is 4.79 Å². The van der Waals surface area contributed by atoms with E-state index in [0.717, 1.165) is 48.1 Å². The zero-order valence-electron chi connectivity index (χ0n) is 13.0. The molecule has 1 amide bonds. The van der Waals surface area contributed by atoms with Crippen LogP contribution in [0.3, 0.4) is 0 Å². The first kappa shape index (κ1) is 14.4. The van der Waals surface area contributed by atoms with E-state index in [2.05, 4.69) is 10.6 Å². The number of carbonyl (C=O) groups is 1. The van der Waals surface area contributed by atoms with Gasteiger partial charge in [0.1, 0.15) is 11.6 Å². The number of para-hydroxylation sites is 1. The van der Waals surface area contributed by atoms with E-state index in [0.29, 0.717) is 0 Å². The molecule has 0 spiro atoms. The Morgan fingerprint density at radius 3 is 2.64 bits per heavy atom. The molecule has 1 aliphatic rings. The number of benzene rings is 1. The smallest absolute Gasteiger partial charge is 0.264 e. The van der Waals surface area contributed by atoms with Gasteiger partial charge in [-0.25, -0.2) is 0 Å². The molecule has 1 aromatic heterocycles. The molecule has 1 aliphatic heterocycles. The molecule has 0 N–H and O–H groups in total. The van der Waals surface area contributed by atoms with Crippen LogP contribution in [0, 0.1) is 18.3 Å². The van der Waals surface area contributed by atoms with Crippen LogP contribution in [0.1, 0.15) is 24.1 Å². The normalized spacial score (nSPS) is 15.3. The second-order valence-corrected chi connectivity index (χ2v) is 5.74. The van der Waals surface area contributed by atoms with Crippen LogP contribution in [0.4, 0.5) is 0 Å². The maximum atomic E-state index is 12.5. The van der Waals surface area contributed by atoms with Crippen molar-refractivity contribution in [3.8, 4) is 6.07 Å². The number of amides is 1. The van der Waals surface area contributed by atoms with Crippen molar-refractivity contribution in [2.75, 3.05) is 13.1 Å². The summed E-state index contributed by atoms with van der Waals surface area (Å²) < 4.78 is 2.09. The largest absolute Gasteiger partial charge is 0.347 e. The molecule has 112 valence electrons. The molecule has 2 aromatic rings. The number of nitriles is 1. The number of fused-ring (bicyclic) bond motifs is 1. The molecular formula is C18H19N3O. The van der Waals surface area contributed by atoms with E-state index in [1.165, 1.54) is 0 Å². The van der Waals surface area contributed by atoms with Gasteiger partial charge in [-0.3, -0.25) is 4.79 Å². The molecule has 0 saturated carbocycles. The molecule has 4 nitrogen and oxygen atoms in total. The van der Waals surface area contributed by atoms with Crippen molar-refractivity contribution >= 4 is 22.9 Å². The second-order valence-electron chi connectivity index (χ2n) is 5.74. The highest BCUT2D eigenvalue weighted by atomic mass is 16.2. The molecule has 4 heteroatoms. The lowest BCUT2D eigenvalue weighted by atomic mass is 10.1. The van der Waals surface area contributed by atoms with Crippen LogP contribution in [0.25, 0.3) is 17.0 Å². The minimum absolute atomic E-state index is 0.146. The van der Waals surface area contributed by atoms with E-state index >= 15 is 0 Å². The second kappa shape index (κ2) is 5.69. The summed E-state index contributed by atoms with van der Waals surface area (Å²) in [5, 5.41) is 10.5. The van der Waals surface area contributed by atoms with E-state index < -0.39 is 0 Å². The van der Waals surface area contributed by atoms with Crippen molar-refractivity contribution in [2.45, 2.75) is 19.8 Å². The number of likely N-dealkylation sites (tertiary alicyclic amines) is 1. The fraction of sp³-hybridized carbons (Fsp3) is 0.333.